The Morgan fingerprint density at radius 1 is 1.33 bits per heavy atom. The lowest BCUT2D eigenvalue weighted by Crippen LogP contribution is -2.46. The standard InChI is InChI=1S/C15H26N4O2/c1-5-6-19-9-12(16)7-13(19)15(21)18-11(4)14(20)17-8-10(2)3/h7,9-11H,5-6,8,16H2,1-4H3,(H,17,20)(H,18,21). The predicted octanol–water partition coefficient (Wildman–Crippen LogP) is 1.37. The first-order chi connectivity index (χ1) is 9.85. The lowest BCUT2D eigenvalue weighted by Gasteiger charge is -2.16. The molecule has 1 aromatic rings. The van der Waals surface area contributed by atoms with E-state index in [0.29, 0.717) is 30.4 Å². The molecular weight excluding hydrogens is 268 g/mol. The van der Waals surface area contributed by atoms with Crippen LogP contribution in [0.15, 0.2) is 12.3 Å². The Morgan fingerprint density at radius 3 is 2.57 bits per heavy atom. The fourth-order valence-corrected chi connectivity index (χ4v) is 1.94. The third kappa shape index (κ3) is 5.13. The maximum Gasteiger partial charge on any atom is 0.268 e. The minimum atomic E-state index is -0.581. The Bertz CT molecular complexity index is 494. The topological polar surface area (TPSA) is 89.2 Å². The summed E-state index contributed by atoms with van der Waals surface area (Å²) in [4.78, 5) is 24.1. The van der Waals surface area contributed by atoms with E-state index >= 15 is 0 Å². The molecule has 4 N–H and O–H groups in total. The Morgan fingerprint density at radius 2 is 2.00 bits per heavy atom. The summed E-state index contributed by atoms with van der Waals surface area (Å²) < 4.78 is 1.81. The van der Waals surface area contributed by atoms with E-state index in [2.05, 4.69) is 10.6 Å². The third-order valence-electron chi connectivity index (χ3n) is 3.04. The predicted molar refractivity (Wildman–Crippen MR) is 83.9 cm³/mol. The molecule has 1 rings (SSSR count). The summed E-state index contributed by atoms with van der Waals surface area (Å²) in [7, 11) is 0. The minimum Gasteiger partial charge on any atom is -0.397 e. The number of amides is 2. The number of anilines is 1. The molecule has 0 bridgehead atoms. The molecule has 0 spiro atoms. The monoisotopic (exact) mass is 294 g/mol. The maximum atomic E-state index is 12.2. The van der Waals surface area contributed by atoms with E-state index in [1.165, 1.54) is 0 Å². The van der Waals surface area contributed by atoms with Crippen molar-refractivity contribution in [2.75, 3.05) is 12.3 Å². The molecule has 0 aromatic carbocycles. The average molecular weight is 294 g/mol. The summed E-state index contributed by atoms with van der Waals surface area (Å²) in [5.74, 6) is -0.0931. The van der Waals surface area contributed by atoms with E-state index in [9.17, 15) is 9.59 Å². The number of hydrogen-bond donors (Lipinski definition) is 3. The van der Waals surface area contributed by atoms with Crippen molar-refractivity contribution in [2.24, 2.45) is 5.92 Å². The van der Waals surface area contributed by atoms with E-state index in [0.717, 1.165) is 6.42 Å². The van der Waals surface area contributed by atoms with Gasteiger partial charge in [0.2, 0.25) is 5.91 Å². The molecule has 0 aliphatic heterocycles. The van der Waals surface area contributed by atoms with E-state index in [4.69, 9.17) is 5.73 Å². The van der Waals surface area contributed by atoms with E-state index < -0.39 is 6.04 Å². The molecule has 6 heteroatoms. The van der Waals surface area contributed by atoms with E-state index in [-0.39, 0.29) is 11.8 Å². The second-order valence-corrected chi connectivity index (χ2v) is 5.69. The van der Waals surface area contributed by atoms with Crippen molar-refractivity contribution in [3.05, 3.63) is 18.0 Å². The minimum absolute atomic E-state index is 0.182. The van der Waals surface area contributed by atoms with Crippen molar-refractivity contribution in [2.45, 2.75) is 46.7 Å². The number of aryl methyl sites for hydroxylation is 1. The molecule has 0 saturated heterocycles. The smallest absolute Gasteiger partial charge is 0.268 e. The van der Waals surface area contributed by atoms with Gasteiger partial charge in [0.05, 0.1) is 5.69 Å². The van der Waals surface area contributed by atoms with Gasteiger partial charge in [-0.1, -0.05) is 20.8 Å². The first-order valence-electron chi connectivity index (χ1n) is 7.39. The molecule has 0 fully saturated rings. The van der Waals surface area contributed by atoms with Crippen molar-refractivity contribution in [1.29, 1.82) is 0 Å². The number of carbonyl (C=O) groups excluding carboxylic acids is 2. The SMILES string of the molecule is CCCn1cc(N)cc1C(=O)NC(C)C(=O)NCC(C)C. The van der Waals surface area contributed by atoms with Crippen LogP contribution in [0.5, 0.6) is 0 Å². The van der Waals surface area contributed by atoms with Crippen LogP contribution in [0.25, 0.3) is 0 Å². The number of nitrogen functional groups attached to an aromatic ring is 1. The van der Waals surface area contributed by atoms with Crippen LogP contribution < -0.4 is 16.4 Å². The number of aromatic nitrogens is 1. The molecule has 0 aliphatic carbocycles. The molecule has 2 amide bonds. The highest BCUT2D eigenvalue weighted by Crippen LogP contribution is 2.11. The number of nitrogens with two attached hydrogens (primary N) is 1. The van der Waals surface area contributed by atoms with Gasteiger partial charge in [-0.2, -0.15) is 0 Å². The Hall–Kier alpha value is -1.98. The number of carbonyl (C=O) groups is 2. The molecule has 1 aromatic heterocycles. The highest BCUT2D eigenvalue weighted by molar-refractivity contribution is 5.97. The summed E-state index contributed by atoms with van der Waals surface area (Å²) in [6.07, 6.45) is 2.64. The fraction of sp³-hybridized carbons (Fsp3) is 0.600. The zero-order valence-electron chi connectivity index (χ0n) is 13.3. The van der Waals surface area contributed by atoms with Crippen molar-refractivity contribution in [3.63, 3.8) is 0 Å². The molecule has 6 nitrogen and oxygen atoms in total. The van der Waals surface area contributed by atoms with Gasteiger partial charge in [0.15, 0.2) is 0 Å². The number of rotatable bonds is 7. The Labute approximate surface area is 126 Å². The maximum absolute atomic E-state index is 12.2. The zero-order valence-corrected chi connectivity index (χ0v) is 13.3. The van der Waals surface area contributed by atoms with Crippen molar-refractivity contribution >= 4 is 17.5 Å². The highest BCUT2D eigenvalue weighted by Gasteiger charge is 2.19. The van der Waals surface area contributed by atoms with Crippen LogP contribution in [-0.2, 0) is 11.3 Å². The van der Waals surface area contributed by atoms with Gasteiger partial charge >= 0.3 is 0 Å². The van der Waals surface area contributed by atoms with Gasteiger partial charge in [-0.25, -0.2) is 0 Å². The summed E-state index contributed by atoms with van der Waals surface area (Å²) >= 11 is 0. The zero-order chi connectivity index (χ0) is 16.0. The summed E-state index contributed by atoms with van der Waals surface area (Å²) in [6, 6.07) is 1.05. The first-order valence-corrected chi connectivity index (χ1v) is 7.39. The van der Waals surface area contributed by atoms with Gasteiger partial charge < -0.3 is 20.9 Å². The van der Waals surface area contributed by atoms with Crippen LogP contribution in [-0.4, -0.2) is 29.0 Å². The quantitative estimate of drug-likeness (QED) is 0.709. The normalized spacial score (nSPS) is 12.2. The van der Waals surface area contributed by atoms with Crippen LogP contribution in [0.4, 0.5) is 5.69 Å². The molecular formula is C15H26N4O2. The molecule has 118 valence electrons. The molecule has 1 unspecified atom stereocenters. The number of nitrogens with zero attached hydrogens (tertiary/aromatic N) is 1. The molecule has 0 radical (unpaired) electrons. The van der Waals surface area contributed by atoms with Crippen molar-refractivity contribution in [3.8, 4) is 0 Å². The summed E-state index contributed by atoms with van der Waals surface area (Å²) in [5.41, 5.74) is 6.77. The first kappa shape index (κ1) is 17.1. The molecule has 1 atom stereocenters. The number of nitrogens with one attached hydrogen (secondary N) is 2. The van der Waals surface area contributed by atoms with Gasteiger partial charge in [-0.15, -0.1) is 0 Å². The van der Waals surface area contributed by atoms with Crippen LogP contribution in [0.3, 0.4) is 0 Å². The van der Waals surface area contributed by atoms with Crippen molar-refractivity contribution < 1.29 is 9.59 Å². The van der Waals surface area contributed by atoms with Gasteiger partial charge in [-0.3, -0.25) is 9.59 Å². The molecule has 1 heterocycles. The van der Waals surface area contributed by atoms with Gasteiger partial charge in [0.25, 0.3) is 5.91 Å². The van der Waals surface area contributed by atoms with E-state index in [1.54, 1.807) is 19.2 Å². The van der Waals surface area contributed by atoms with Gasteiger partial charge in [0, 0.05) is 19.3 Å². The second kappa shape index (κ2) is 7.71. The van der Waals surface area contributed by atoms with Crippen LogP contribution in [0.2, 0.25) is 0 Å². The lowest BCUT2D eigenvalue weighted by atomic mass is 10.2. The van der Waals surface area contributed by atoms with Crippen molar-refractivity contribution in [1.82, 2.24) is 15.2 Å². The third-order valence-corrected chi connectivity index (χ3v) is 3.04. The van der Waals surface area contributed by atoms with Gasteiger partial charge in [-0.05, 0) is 25.3 Å². The second-order valence-electron chi connectivity index (χ2n) is 5.69. The van der Waals surface area contributed by atoms with E-state index in [1.807, 2.05) is 25.3 Å². The fourth-order valence-electron chi connectivity index (χ4n) is 1.94. The molecule has 21 heavy (non-hydrogen) atoms. The van der Waals surface area contributed by atoms with Crippen LogP contribution >= 0.6 is 0 Å². The van der Waals surface area contributed by atoms with Crippen LogP contribution in [0, 0.1) is 5.92 Å². The molecule has 0 saturated carbocycles. The molecule has 0 aliphatic rings. The summed E-state index contributed by atoms with van der Waals surface area (Å²) in [6.45, 7) is 9.05. The Kier molecular flexibility index (Phi) is 6.27. The lowest BCUT2D eigenvalue weighted by molar-refractivity contribution is -0.122. The van der Waals surface area contributed by atoms with Gasteiger partial charge in [0.1, 0.15) is 11.7 Å². The highest BCUT2D eigenvalue weighted by atomic mass is 16.2. The Balaban J connectivity index is 2.65. The largest absolute Gasteiger partial charge is 0.397 e. The van der Waals surface area contributed by atoms with Crippen LogP contribution in [0.1, 0.15) is 44.6 Å². The average Bonchev–Trinajstić information content (AvgIpc) is 2.77. The number of hydrogen-bond acceptors (Lipinski definition) is 3. The summed E-state index contributed by atoms with van der Waals surface area (Å²) in [5, 5.41) is 5.50.